The first-order chi connectivity index (χ1) is 9.63. The Morgan fingerprint density at radius 2 is 1.90 bits per heavy atom. The molecule has 0 bridgehead atoms. The number of nitrogens with zero attached hydrogens (tertiary/aromatic N) is 1. The number of hydrogen-bond acceptors (Lipinski definition) is 2. The number of carbonyl (C=O) groups excluding carboxylic acids is 1. The van der Waals surface area contributed by atoms with Crippen LogP contribution in [-0.4, -0.2) is 28.9 Å². The zero-order chi connectivity index (χ0) is 14.5. The summed E-state index contributed by atoms with van der Waals surface area (Å²) in [5.41, 5.74) is 6.25. The maximum atomic E-state index is 12.6. The topological polar surface area (TPSA) is 46.3 Å². The number of amides is 1. The third kappa shape index (κ3) is 3.14. The van der Waals surface area contributed by atoms with Gasteiger partial charge in [-0.3, -0.25) is 4.79 Å². The second-order valence-electron chi connectivity index (χ2n) is 4.63. The van der Waals surface area contributed by atoms with Gasteiger partial charge in [0.15, 0.2) is 0 Å². The number of benzene rings is 2. The molecule has 0 heterocycles. The van der Waals surface area contributed by atoms with Gasteiger partial charge in [-0.25, -0.2) is 0 Å². The van der Waals surface area contributed by atoms with Gasteiger partial charge in [0.25, 0.3) is 5.91 Å². The van der Waals surface area contributed by atoms with Crippen molar-refractivity contribution < 1.29 is 4.79 Å². The highest BCUT2D eigenvalue weighted by atomic mass is 32.1. The molecule has 0 aromatic heterocycles. The van der Waals surface area contributed by atoms with Crippen molar-refractivity contribution in [2.24, 2.45) is 5.73 Å². The first-order valence-corrected chi connectivity index (χ1v) is 7.09. The molecular formula is C16H18N2OS. The van der Waals surface area contributed by atoms with Gasteiger partial charge in [-0.2, -0.15) is 0 Å². The minimum absolute atomic E-state index is 0.0283. The fourth-order valence-electron chi connectivity index (χ4n) is 2.23. The van der Waals surface area contributed by atoms with E-state index in [0.29, 0.717) is 24.5 Å². The fourth-order valence-corrected chi connectivity index (χ4v) is 2.32. The van der Waals surface area contributed by atoms with Gasteiger partial charge in [0.2, 0.25) is 0 Å². The van der Waals surface area contributed by atoms with E-state index in [1.165, 1.54) is 0 Å². The molecule has 0 aliphatic heterocycles. The molecule has 0 aliphatic rings. The molecular weight excluding hydrogens is 268 g/mol. The Morgan fingerprint density at radius 3 is 2.60 bits per heavy atom. The maximum Gasteiger partial charge on any atom is 0.254 e. The highest BCUT2D eigenvalue weighted by molar-refractivity contribution is 7.80. The van der Waals surface area contributed by atoms with Crippen LogP contribution >= 0.6 is 12.2 Å². The van der Waals surface area contributed by atoms with Crippen LogP contribution in [0.5, 0.6) is 0 Å². The molecule has 0 fully saturated rings. The van der Waals surface area contributed by atoms with Crippen molar-refractivity contribution in [3.63, 3.8) is 0 Å². The van der Waals surface area contributed by atoms with E-state index >= 15 is 0 Å². The Bertz CT molecular complexity index is 634. The molecule has 0 atom stereocenters. The number of carbonyl (C=O) groups is 1. The molecule has 2 rings (SSSR count). The van der Waals surface area contributed by atoms with E-state index in [0.717, 1.165) is 16.3 Å². The van der Waals surface area contributed by atoms with E-state index < -0.39 is 0 Å². The number of fused-ring (bicyclic) bond motifs is 1. The lowest BCUT2D eigenvalue weighted by molar-refractivity contribution is 0.0771. The summed E-state index contributed by atoms with van der Waals surface area (Å²) >= 11 is 4.88. The van der Waals surface area contributed by atoms with Crippen molar-refractivity contribution >= 4 is 33.9 Å². The van der Waals surface area contributed by atoms with Crippen molar-refractivity contribution in [3.8, 4) is 0 Å². The summed E-state index contributed by atoms with van der Waals surface area (Å²) in [6.45, 7) is 3.17. The lowest BCUT2D eigenvalue weighted by atomic mass is 10.0. The predicted octanol–water partition coefficient (Wildman–Crippen LogP) is 2.98. The van der Waals surface area contributed by atoms with Crippen LogP contribution in [0.2, 0.25) is 0 Å². The molecule has 1 amide bonds. The summed E-state index contributed by atoms with van der Waals surface area (Å²) in [4.78, 5) is 14.9. The lowest BCUT2D eigenvalue weighted by Crippen LogP contribution is -2.33. The van der Waals surface area contributed by atoms with E-state index in [1.54, 1.807) is 4.90 Å². The zero-order valence-electron chi connectivity index (χ0n) is 11.5. The van der Waals surface area contributed by atoms with Crippen molar-refractivity contribution in [1.82, 2.24) is 4.90 Å². The monoisotopic (exact) mass is 286 g/mol. The molecule has 2 aromatic carbocycles. The van der Waals surface area contributed by atoms with Crippen LogP contribution < -0.4 is 5.73 Å². The van der Waals surface area contributed by atoms with Crippen LogP contribution in [0, 0.1) is 0 Å². The fraction of sp³-hybridized carbons (Fsp3) is 0.250. The van der Waals surface area contributed by atoms with Crippen molar-refractivity contribution in [1.29, 1.82) is 0 Å². The SMILES string of the molecule is CCN(CCC(N)=S)C(=O)c1cccc2ccccc12. The third-order valence-electron chi connectivity index (χ3n) is 3.32. The third-order valence-corrected chi connectivity index (χ3v) is 3.52. The minimum atomic E-state index is 0.0283. The van der Waals surface area contributed by atoms with Crippen LogP contribution in [0.3, 0.4) is 0 Å². The summed E-state index contributed by atoms with van der Waals surface area (Å²) in [6, 6.07) is 13.7. The summed E-state index contributed by atoms with van der Waals surface area (Å²) in [5.74, 6) is 0.0283. The Hall–Kier alpha value is -1.94. The van der Waals surface area contributed by atoms with Crippen LogP contribution in [0.1, 0.15) is 23.7 Å². The normalized spacial score (nSPS) is 10.4. The molecule has 0 saturated heterocycles. The highest BCUT2D eigenvalue weighted by Gasteiger charge is 2.16. The van der Waals surface area contributed by atoms with Gasteiger partial charge in [0, 0.05) is 25.1 Å². The lowest BCUT2D eigenvalue weighted by Gasteiger charge is -2.21. The average Bonchev–Trinajstić information content (AvgIpc) is 2.46. The predicted molar refractivity (Wildman–Crippen MR) is 86.9 cm³/mol. The second-order valence-corrected chi connectivity index (χ2v) is 5.15. The van der Waals surface area contributed by atoms with Gasteiger partial charge < -0.3 is 10.6 Å². The first kappa shape index (κ1) is 14.5. The summed E-state index contributed by atoms with van der Waals surface area (Å²) in [6.07, 6.45) is 0.555. The number of hydrogen-bond donors (Lipinski definition) is 1. The van der Waals surface area contributed by atoms with E-state index in [1.807, 2.05) is 49.4 Å². The van der Waals surface area contributed by atoms with Gasteiger partial charge in [-0.15, -0.1) is 0 Å². The molecule has 104 valence electrons. The number of rotatable bonds is 5. The summed E-state index contributed by atoms with van der Waals surface area (Å²) < 4.78 is 0. The van der Waals surface area contributed by atoms with Crippen LogP contribution in [0.15, 0.2) is 42.5 Å². The van der Waals surface area contributed by atoms with E-state index in [9.17, 15) is 4.79 Å². The molecule has 0 radical (unpaired) electrons. The average molecular weight is 286 g/mol. The Morgan fingerprint density at radius 1 is 1.20 bits per heavy atom. The van der Waals surface area contributed by atoms with Crippen molar-refractivity contribution in [3.05, 3.63) is 48.0 Å². The molecule has 2 N–H and O–H groups in total. The van der Waals surface area contributed by atoms with Crippen molar-refractivity contribution in [2.45, 2.75) is 13.3 Å². The smallest absolute Gasteiger partial charge is 0.254 e. The summed E-state index contributed by atoms with van der Waals surface area (Å²) in [5, 5.41) is 2.05. The molecule has 0 spiro atoms. The molecule has 2 aromatic rings. The highest BCUT2D eigenvalue weighted by Crippen LogP contribution is 2.20. The molecule has 0 unspecified atom stereocenters. The van der Waals surface area contributed by atoms with Gasteiger partial charge in [0.1, 0.15) is 0 Å². The number of thiocarbonyl (C=S) groups is 1. The zero-order valence-corrected chi connectivity index (χ0v) is 12.3. The van der Waals surface area contributed by atoms with Crippen LogP contribution in [0.25, 0.3) is 10.8 Å². The van der Waals surface area contributed by atoms with Crippen LogP contribution in [0.4, 0.5) is 0 Å². The summed E-state index contributed by atoms with van der Waals surface area (Å²) in [7, 11) is 0. The first-order valence-electron chi connectivity index (χ1n) is 6.69. The Balaban J connectivity index is 2.32. The standard InChI is InChI=1S/C16H18N2OS/c1-2-18(11-10-15(17)20)16(19)14-9-5-7-12-6-3-4-8-13(12)14/h3-9H,2,10-11H2,1H3,(H2,17,20). The quantitative estimate of drug-likeness (QED) is 0.860. The van der Waals surface area contributed by atoms with Gasteiger partial charge in [0.05, 0.1) is 4.99 Å². The molecule has 4 heteroatoms. The second kappa shape index (κ2) is 6.48. The van der Waals surface area contributed by atoms with Crippen LogP contribution in [-0.2, 0) is 0 Å². The molecule has 20 heavy (non-hydrogen) atoms. The molecule has 0 aliphatic carbocycles. The van der Waals surface area contributed by atoms with Gasteiger partial charge >= 0.3 is 0 Å². The van der Waals surface area contributed by atoms with E-state index in [-0.39, 0.29) is 5.91 Å². The maximum absolute atomic E-state index is 12.6. The van der Waals surface area contributed by atoms with E-state index in [2.05, 4.69) is 0 Å². The van der Waals surface area contributed by atoms with Crippen molar-refractivity contribution in [2.75, 3.05) is 13.1 Å². The van der Waals surface area contributed by atoms with Gasteiger partial charge in [-0.1, -0.05) is 48.6 Å². The molecule has 3 nitrogen and oxygen atoms in total. The minimum Gasteiger partial charge on any atom is -0.393 e. The number of nitrogens with two attached hydrogens (primary N) is 1. The Labute approximate surface area is 124 Å². The molecule has 0 saturated carbocycles. The van der Waals surface area contributed by atoms with Gasteiger partial charge in [-0.05, 0) is 23.8 Å². The largest absolute Gasteiger partial charge is 0.393 e. The van der Waals surface area contributed by atoms with E-state index in [4.69, 9.17) is 18.0 Å². The Kier molecular flexibility index (Phi) is 4.69.